The Morgan fingerprint density at radius 3 is 2.52 bits per heavy atom. The van der Waals surface area contributed by atoms with E-state index in [-0.39, 0.29) is 5.41 Å². The van der Waals surface area contributed by atoms with Crippen molar-refractivity contribution < 1.29 is 14.9 Å². The molecule has 0 aromatic heterocycles. The molecule has 0 aromatic carbocycles. The average molecular weight is 377 g/mol. The summed E-state index contributed by atoms with van der Waals surface area (Å²) < 4.78 is 6.28. The maximum atomic E-state index is 10.6. The summed E-state index contributed by atoms with van der Waals surface area (Å²) in [4.78, 5) is 0. The molecule has 0 amide bonds. The molecule has 3 unspecified atom stereocenters. The van der Waals surface area contributed by atoms with E-state index in [9.17, 15) is 10.2 Å². The monoisotopic (exact) mass is 376 g/mol. The largest absolute Gasteiger partial charge is 0.390 e. The van der Waals surface area contributed by atoms with Crippen molar-refractivity contribution in [3.63, 3.8) is 0 Å². The molecule has 3 saturated carbocycles. The molecule has 4 aliphatic carbocycles. The first kappa shape index (κ1) is 19.9. The molecule has 4 rings (SSSR count). The van der Waals surface area contributed by atoms with Gasteiger partial charge < -0.3 is 14.9 Å². The van der Waals surface area contributed by atoms with E-state index in [2.05, 4.69) is 19.9 Å². The minimum Gasteiger partial charge on any atom is -0.390 e. The molecule has 154 valence electrons. The highest BCUT2D eigenvalue weighted by Crippen LogP contribution is 2.65. The molecule has 0 spiro atoms. The number of ether oxygens (including phenoxy) is 1. The van der Waals surface area contributed by atoms with E-state index >= 15 is 0 Å². The lowest BCUT2D eigenvalue weighted by Gasteiger charge is -2.58. The van der Waals surface area contributed by atoms with E-state index < -0.39 is 11.2 Å². The van der Waals surface area contributed by atoms with Gasteiger partial charge in [-0.05, 0) is 101 Å². The number of hydrogen-bond donors (Lipinski definition) is 2. The molecule has 0 heterocycles. The zero-order valence-corrected chi connectivity index (χ0v) is 18.1. The molecule has 3 fully saturated rings. The van der Waals surface area contributed by atoms with E-state index in [0.29, 0.717) is 18.1 Å². The van der Waals surface area contributed by atoms with Crippen molar-refractivity contribution in [3.8, 4) is 0 Å². The predicted molar refractivity (Wildman–Crippen MR) is 108 cm³/mol. The van der Waals surface area contributed by atoms with E-state index in [1.165, 1.54) is 31.3 Å². The van der Waals surface area contributed by atoms with Crippen LogP contribution in [0.25, 0.3) is 0 Å². The van der Waals surface area contributed by atoms with Crippen LogP contribution in [0.1, 0.15) is 86.0 Å². The summed E-state index contributed by atoms with van der Waals surface area (Å²) in [6.45, 7) is 11.1. The predicted octanol–water partition coefficient (Wildman–Crippen LogP) is 4.86. The fraction of sp³-hybridized carbons (Fsp3) is 0.917. The maximum absolute atomic E-state index is 10.6. The van der Waals surface area contributed by atoms with Crippen LogP contribution in [0, 0.1) is 28.6 Å². The van der Waals surface area contributed by atoms with Crippen LogP contribution in [0.2, 0.25) is 0 Å². The van der Waals surface area contributed by atoms with E-state index in [0.717, 1.165) is 43.4 Å². The normalized spacial score (nSPS) is 49.8. The van der Waals surface area contributed by atoms with Crippen LogP contribution >= 0.6 is 0 Å². The number of hydrogen-bond acceptors (Lipinski definition) is 3. The zero-order valence-electron chi connectivity index (χ0n) is 18.1. The third-order valence-electron chi connectivity index (χ3n) is 8.93. The van der Waals surface area contributed by atoms with E-state index in [1.54, 1.807) is 0 Å². The van der Waals surface area contributed by atoms with Gasteiger partial charge in [0.25, 0.3) is 0 Å². The molecule has 3 heteroatoms. The van der Waals surface area contributed by atoms with Crippen LogP contribution in [0.5, 0.6) is 0 Å². The highest BCUT2D eigenvalue weighted by atomic mass is 16.5. The SMILES string of the molecule is CC(C)(O)CO[C@H]1CCC2C3CC=C4C[C@@](C)(O)CC[C@]4(C)C3CC[C@@]21C. The van der Waals surface area contributed by atoms with Crippen LogP contribution in [0.4, 0.5) is 0 Å². The topological polar surface area (TPSA) is 49.7 Å². The highest BCUT2D eigenvalue weighted by Gasteiger charge is 2.59. The van der Waals surface area contributed by atoms with Crippen molar-refractivity contribution in [2.45, 2.75) is 103 Å². The maximum Gasteiger partial charge on any atom is 0.0824 e. The van der Waals surface area contributed by atoms with Crippen LogP contribution in [0.3, 0.4) is 0 Å². The second kappa shape index (κ2) is 6.31. The average Bonchev–Trinajstić information content (AvgIpc) is 2.89. The second-order valence-electron chi connectivity index (χ2n) is 11.7. The van der Waals surface area contributed by atoms with Gasteiger partial charge in [0, 0.05) is 0 Å². The zero-order chi connectivity index (χ0) is 19.7. The molecule has 4 aliphatic rings. The molecule has 0 bridgehead atoms. The van der Waals surface area contributed by atoms with Gasteiger partial charge in [-0.3, -0.25) is 0 Å². The van der Waals surface area contributed by atoms with Crippen molar-refractivity contribution in [2.75, 3.05) is 6.61 Å². The van der Waals surface area contributed by atoms with Gasteiger partial charge in [-0.2, -0.15) is 0 Å². The Balaban J connectivity index is 1.55. The summed E-state index contributed by atoms with van der Waals surface area (Å²) in [6, 6.07) is 0. The van der Waals surface area contributed by atoms with Crippen LogP contribution in [-0.4, -0.2) is 34.1 Å². The Bertz CT molecular complexity index is 616. The van der Waals surface area contributed by atoms with Gasteiger partial charge in [0.2, 0.25) is 0 Å². The van der Waals surface area contributed by atoms with Crippen molar-refractivity contribution >= 4 is 0 Å². The van der Waals surface area contributed by atoms with Crippen molar-refractivity contribution in [3.05, 3.63) is 11.6 Å². The third kappa shape index (κ3) is 3.32. The summed E-state index contributed by atoms with van der Waals surface area (Å²) in [6.07, 6.45) is 11.9. The summed E-state index contributed by atoms with van der Waals surface area (Å²) in [7, 11) is 0. The Morgan fingerprint density at radius 2 is 1.81 bits per heavy atom. The molecule has 0 saturated heterocycles. The van der Waals surface area contributed by atoms with Gasteiger partial charge >= 0.3 is 0 Å². The molecule has 7 atom stereocenters. The van der Waals surface area contributed by atoms with Gasteiger partial charge in [0.05, 0.1) is 23.9 Å². The Morgan fingerprint density at radius 1 is 1.07 bits per heavy atom. The summed E-state index contributed by atoms with van der Waals surface area (Å²) >= 11 is 0. The number of aliphatic hydroxyl groups is 2. The lowest BCUT2D eigenvalue weighted by molar-refractivity contribution is -0.122. The van der Waals surface area contributed by atoms with E-state index in [1.807, 2.05) is 20.8 Å². The fourth-order valence-electron chi connectivity index (χ4n) is 7.33. The minimum absolute atomic E-state index is 0.258. The van der Waals surface area contributed by atoms with Gasteiger partial charge in [-0.1, -0.05) is 25.5 Å². The third-order valence-corrected chi connectivity index (χ3v) is 8.93. The van der Waals surface area contributed by atoms with Crippen LogP contribution in [-0.2, 0) is 4.74 Å². The van der Waals surface area contributed by atoms with Crippen LogP contribution < -0.4 is 0 Å². The molecule has 3 nitrogen and oxygen atoms in total. The number of rotatable bonds is 3. The second-order valence-corrected chi connectivity index (χ2v) is 11.7. The van der Waals surface area contributed by atoms with E-state index in [4.69, 9.17) is 4.74 Å². The quantitative estimate of drug-likeness (QED) is 0.692. The van der Waals surface area contributed by atoms with Crippen molar-refractivity contribution in [2.24, 2.45) is 28.6 Å². The first-order valence-electron chi connectivity index (χ1n) is 11.2. The molecule has 0 radical (unpaired) electrons. The van der Waals surface area contributed by atoms with Crippen molar-refractivity contribution in [1.82, 2.24) is 0 Å². The molecule has 0 aromatic rings. The number of allylic oxidation sites excluding steroid dienone is 1. The van der Waals surface area contributed by atoms with Gasteiger partial charge in [0.15, 0.2) is 0 Å². The molecule has 2 N–H and O–H groups in total. The molecular weight excluding hydrogens is 336 g/mol. The minimum atomic E-state index is -0.749. The Labute approximate surface area is 165 Å². The van der Waals surface area contributed by atoms with Crippen molar-refractivity contribution in [1.29, 1.82) is 0 Å². The standard InChI is InChI=1S/C24H40O3/c1-21(2,25)15-27-20-9-8-18-17-7-6-16-14-22(3,26)12-13-23(16,4)19(17)10-11-24(18,20)5/h6,17-20,25-26H,7-15H2,1-5H3/t17?,18?,19?,20-,22-,23-,24-/m0/s1. The van der Waals surface area contributed by atoms with Gasteiger partial charge in [-0.25, -0.2) is 0 Å². The smallest absolute Gasteiger partial charge is 0.0824 e. The fourth-order valence-corrected chi connectivity index (χ4v) is 7.33. The van der Waals surface area contributed by atoms with Crippen LogP contribution in [0.15, 0.2) is 11.6 Å². The molecule has 27 heavy (non-hydrogen) atoms. The Hall–Kier alpha value is -0.380. The summed E-state index contributed by atoms with van der Waals surface area (Å²) in [5.74, 6) is 2.26. The lowest BCUT2D eigenvalue weighted by atomic mass is 9.47. The highest BCUT2D eigenvalue weighted by molar-refractivity contribution is 5.26. The molecular formula is C24H40O3. The van der Waals surface area contributed by atoms with Gasteiger partial charge in [0.1, 0.15) is 0 Å². The summed E-state index contributed by atoms with van der Waals surface area (Å²) in [5.41, 5.74) is 0.828. The summed E-state index contributed by atoms with van der Waals surface area (Å²) in [5, 5.41) is 20.7. The molecule has 0 aliphatic heterocycles. The first-order valence-corrected chi connectivity index (χ1v) is 11.2. The lowest BCUT2D eigenvalue weighted by Crippen LogP contribution is -2.52. The Kier molecular flexibility index (Phi) is 4.65. The number of fused-ring (bicyclic) bond motifs is 5. The van der Waals surface area contributed by atoms with Gasteiger partial charge in [-0.15, -0.1) is 0 Å². The first-order chi connectivity index (χ1) is 12.4.